The molecule has 0 unspecified atom stereocenters. The predicted octanol–water partition coefficient (Wildman–Crippen LogP) is 5.22. The zero-order chi connectivity index (χ0) is 18.2. The van der Waals surface area contributed by atoms with Gasteiger partial charge in [-0.25, -0.2) is 0 Å². The zero-order valence-electron chi connectivity index (χ0n) is 13.9. The fraction of sp³-hybridized carbons (Fsp3) is 0.0476. The summed E-state index contributed by atoms with van der Waals surface area (Å²) in [6, 6.07) is 24.6. The van der Waals surface area contributed by atoms with E-state index in [-0.39, 0.29) is 12.5 Å². The van der Waals surface area contributed by atoms with Crippen molar-refractivity contribution >= 4 is 39.4 Å². The van der Waals surface area contributed by atoms with E-state index in [1.165, 1.54) is 0 Å². The van der Waals surface area contributed by atoms with E-state index in [9.17, 15) is 4.79 Å². The SMILES string of the molecule is O=C(COc1ccc(C=Nc2ccccc2)cc1Br)Nc1ccccc1. The lowest BCUT2D eigenvalue weighted by Gasteiger charge is -2.09. The zero-order valence-corrected chi connectivity index (χ0v) is 15.5. The second-order valence-electron chi connectivity index (χ2n) is 5.49. The Labute approximate surface area is 160 Å². The summed E-state index contributed by atoms with van der Waals surface area (Å²) in [5, 5.41) is 2.78. The van der Waals surface area contributed by atoms with E-state index in [2.05, 4.69) is 26.2 Å². The minimum absolute atomic E-state index is 0.0645. The van der Waals surface area contributed by atoms with Gasteiger partial charge in [-0.15, -0.1) is 0 Å². The number of benzene rings is 3. The summed E-state index contributed by atoms with van der Waals surface area (Å²) in [5.74, 6) is 0.392. The van der Waals surface area contributed by atoms with E-state index in [1.807, 2.05) is 78.9 Å². The van der Waals surface area contributed by atoms with Crippen LogP contribution in [0, 0.1) is 0 Å². The van der Waals surface area contributed by atoms with Gasteiger partial charge in [0.15, 0.2) is 6.61 Å². The number of nitrogens with zero attached hydrogens (tertiary/aromatic N) is 1. The van der Waals surface area contributed by atoms with Crippen LogP contribution in [0.25, 0.3) is 0 Å². The molecule has 1 amide bonds. The van der Waals surface area contributed by atoms with Gasteiger partial charge in [-0.2, -0.15) is 0 Å². The van der Waals surface area contributed by atoms with Crippen LogP contribution in [-0.2, 0) is 4.79 Å². The summed E-state index contributed by atoms with van der Waals surface area (Å²) in [6.07, 6.45) is 1.78. The molecule has 0 bridgehead atoms. The standard InChI is InChI=1S/C21H17BrN2O2/c22-19-13-16(14-23-17-7-3-1-4-8-17)11-12-20(19)26-15-21(25)24-18-9-5-2-6-10-18/h1-14H,15H2,(H,24,25). The molecular formula is C21H17BrN2O2. The molecule has 0 fully saturated rings. The van der Waals surface area contributed by atoms with Crippen LogP contribution in [-0.4, -0.2) is 18.7 Å². The third-order valence-electron chi connectivity index (χ3n) is 3.49. The van der Waals surface area contributed by atoms with E-state index in [0.29, 0.717) is 5.75 Å². The maximum Gasteiger partial charge on any atom is 0.262 e. The smallest absolute Gasteiger partial charge is 0.262 e. The Morgan fingerprint density at radius 2 is 1.69 bits per heavy atom. The molecule has 0 atom stereocenters. The lowest BCUT2D eigenvalue weighted by Crippen LogP contribution is -2.20. The first-order valence-corrected chi connectivity index (χ1v) is 8.86. The molecule has 0 radical (unpaired) electrons. The second-order valence-corrected chi connectivity index (χ2v) is 6.34. The van der Waals surface area contributed by atoms with Gasteiger partial charge in [-0.1, -0.05) is 36.4 Å². The van der Waals surface area contributed by atoms with Crippen LogP contribution in [0.5, 0.6) is 5.75 Å². The Hall–Kier alpha value is -2.92. The number of rotatable bonds is 6. The van der Waals surface area contributed by atoms with Crippen LogP contribution in [0.2, 0.25) is 0 Å². The number of anilines is 1. The summed E-state index contributed by atoms with van der Waals surface area (Å²) in [5.41, 5.74) is 2.57. The molecule has 4 nitrogen and oxygen atoms in total. The highest BCUT2D eigenvalue weighted by Crippen LogP contribution is 2.26. The average molecular weight is 409 g/mol. The number of ether oxygens (including phenoxy) is 1. The summed E-state index contributed by atoms with van der Waals surface area (Å²) >= 11 is 3.47. The first-order valence-electron chi connectivity index (χ1n) is 8.07. The largest absolute Gasteiger partial charge is 0.483 e. The van der Waals surface area contributed by atoms with E-state index in [4.69, 9.17) is 4.74 Å². The van der Waals surface area contributed by atoms with E-state index in [1.54, 1.807) is 6.21 Å². The molecule has 0 saturated heterocycles. The Kier molecular flexibility index (Phi) is 6.17. The van der Waals surface area contributed by atoms with Crippen molar-refractivity contribution in [1.29, 1.82) is 0 Å². The minimum Gasteiger partial charge on any atom is -0.483 e. The summed E-state index contributed by atoms with van der Waals surface area (Å²) in [4.78, 5) is 16.4. The molecule has 0 heterocycles. The van der Waals surface area contributed by atoms with Gasteiger partial charge in [-0.05, 0) is 64.0 Å². The van der Waals surface area contributed by atoms with Crippen LogP contribution < -0.4 is 10.1 Å². The van der Waals surface area contributed by atoms with Gasteiger partial charge in [0, 0.05) is 11.9 Å². The molecule has 3 aromatic carbocycles. The number of amides is 1. The number of carbonyl (C=O) groups excluding carboxylic acids is 1. The quantitative estimate of drug-likeness (QED) is 0.568. The number of para-hydroxylation sites is 2. The number of aliphatic imine (C=N–C) groups is 1. The van der Waals surface area contributed by atoms with Crippen molar-refractivity contribution in [2.24, 2.45) is 4.99 Å². The van der Waals surface area contributed by atoms with Gasteiger partial charge in [0.1, 0.15) is 5.75 Å². The second kappa shape index (κ2) is 8.97. The fourth-order valence-electron chi connectivity index (χ4n) is 2.24. The molecule has 26 heavy (non-hydrogen) atoms. The molecular weight excluding hydrogens is 392 g/mol. The van der Waals surface area contributed by atoms with Crippen molar-refractivity contribution in [3.63, 3.8) is 0 Å². The minimum atomic E-state index is -0.210. The maximum atomic E-state index is 12.0. The van der Waals surface area contributed by atoms with Crippen molar-refractivity contribution < 1.29 is 9.53 Å². The van der Waals surface area contributed by atoms with Gasteiger partial charge in [0.2, 0.25) is 0 Å². The predicted molar refractivity (Wildman–Crippen MR) is 108 cm³/mol. The molecule has 1 N–H and O–H groups in total. The summed E-state index contributed by atoms with van der Waals surface area (Å²) < 4.78 is 6.35. The Bertz CT molecular complexity index is 896. The molecule has 0 saturated carbocycles. The lowest BCUT2D eigenvalue weighted by atomic mass is 10.2. The molecule has 3 rings (SSSR count). The highest BCUT2D eigenvalue weighted by Gasteiger charge is 2.06. The van der Waals surface area contributed by atoms with E-state index >= 15 is 0 Å². The number of nitrogens with one attached hydrogen (secondary N) is 1. The van der Waals surface area contributed by atoms with Crippen molar-refractivity contribution in [3.05, 3.63) is 88.9 Å². The normalized spacial score (nSPS) is 10.7. The Balaban J connectivity index is 1.57. The molecule has 5 heteroatoms. The topological polar surface area (TPSA) is 50.7 Å². The van der Waals surface area contributed by atoms with Crippen LogP contribution in [0.3, 0.4) is 0 Å². The molecule has 3 aromatic rings. The van der Waals surface area contributed by atoms with Crippen molar-refractivity contribution in [2.45, 2.75) is 0 Å². The third kappa shape index (κ3) is 5.29. The summed E-state index contributed by atoms with van der Waals surface area (Å²) in [7, 11) is 0. The van der Waals surface area contributed by atoms with E-state index in [0.717, 1.165) is 21.4 Å². The van der Waals surface area contributed by atoms with Crippen molar-refractivity contribution in [1.82, 2.24) is 0 Å². The van der Waals surface area contributed by atoms with E-state index < -0.39 is 0 Å². The fourth-order valence-corrected chi connectivity index (χ4v) is 2.75. The molecule has 0 aliphatic carbocycles. The highest BCUT2D eigenvalue weighted by molar-refractivity contribution is 9.10. The van der Waals surface area contributed by atoms with Crippen molar-refractivity contribution in [3.8, 4) is 5.75 Å². The Morgan fingerprint density at radius 1 is 1.00 bits per heavy atom. The number of hydrogen-bond donors (Lipinski definition) is 1. The monoisotopic (exact) mass is 408 g/mol. The molecule has 0 aliphatic rings. The van der Waals surface area contributed by atoms with Gasteiger partial charge in [0.25, 0.3) is 5.91 Å². The van der Waals surface area contributed by atoms with Gasteiger partial charge in [0.05, 0.1) is 10.2 Å². The third-order valence-corrected chi connectivity index (χ3v) is 4.11. The Morgan fingerprint density at radius 3 is 2.38 bits per heavy atom. The van der Waals surface area contributed by atoms with Gasteiger partial charge >= 0.3 is 0 Å². The molecule has 0 spiro atoms. The molecule has 0 aliphatic heterocycles. The van der Waals surface area contributed by atoms with Crippen molar-refractivity contribution in [2.75, 3.05) is 11.9 Å². The van der Waals surface area contributed by atoms with Gasteiger partial charge < -0.3 is 10.1 Å². The first kappa shape index (κ1) is 17.9. The molecule has 130 valence electrons. The summed E-state index contributed by atoms with van der Waals surface area (Å²) in [6.45, 7) is -0.0645. The van der Waals surface area contributed by atoms with Gasteiger partial charge in [-0.3, -0.25) is 9.79 Å². The van der Waals surface area contributed by atoms with Crippen LogP contribution >= 0.6 is 15.9 Å². The first-order chi connectivity index (χ1) is 12.7. The molecule has 0 aromatic heterocycles. The number of halogens is 1. The van der Waals surface area contributed by atoms with Crippen LogP contribution in [0.4, 0.5) is 11.4 Å². The highest BCUT2D eigenvalue weighted by atomic mass is 79.9. The average Bonchev–Trinajstić information content (AvgIpc) is 2.67. The maximum absolute atomic E-state index is 12.0. The van der Waals surface area contributed by atoms with Crippen LogP contribution in [0.15, 0.2) is 88.3 Å². The van der Waals surface area contributed by atoms with Crippen LogP contribution in [0.1, 0.15) is 5.56 Å². The lowest BCUT2D eigenvalue weighted by molar-refractivity contribution is -0.118. The number of hydrogen-bond acceptors (Lipinski definition) is 3. The number of carbonyl (C=O) groups is 1.